The maximum Gasteiger partial charge on any atom is 0.184 e. The summed E-state index contributed by atoms with van der Waals surface area (Å²) in [5.74, 6) is 0.277. The first-order chi connectivity index (χ1) is 7.74. The van der Waals surface area contributed by atoms with Crippen molar-refractivity contribution in [2.24, 2.45) is 10.8 Å². The average molecular weight is 251 g/mol. The second-order valence-electron chi connectivity index (χ2n) is 3.42. The van der Waals surface area contributed by atoms with Crippen molar-refractivity contribution in [3.8, 4) is 5.75 Å². The number of thioether (sulfide) groups is 2. The van der Waals surface area contributed by atoms with Gasteiger partial charge in [-0.25, -0.2) is 5.01 Å². The van der Waals surface area contributed by atoms with Gasteiger partial charge in [-0.15, -0.1) is 5.10 Å². The molecular weight excluding hydrogens is 242 g/mol. The van der Waals surface area contributed by atoms with Crippen molar-refractivity contribution < 1.29 is 5.11 Å². The number of nitrogens with zero attached hydrogens (tertiary/aromatic N) is 2. The lowest BCUT2D eigenvalue weighted by Crippen LogP contribution is -2.12. The molecular formula is C10H9N3OS2. The second kappa shape index (κ2) is 3.64. The van der Waals surface area contributed by atoms with Gasteiger partial charge in [-0.3, -0.25) is 0 Å². The van der Waals surface area contributed by atoms with Gasteiger partial charge < -0.3 is 10.8 Å². The molecule has 2 heterocycles. The first kappa shape index (κ1) is 9.92. The molecule has 0 saturated heterocycles. The number of hydrogen-bond acceptors (Lipinski definition) is 6. The van der Waals surface area contributed by atoms with Gasteiger partial charge in [0.05, 0.1) is 0 Å². The summed E-state index contributed by atoms with van der Waals surface area (Å²) in [7, 11) is 0. The number of aromatic hydroxyl groups is 1. The van der Waals surface area contributed by atoms with Gasteiger partial charge in [0, 0.05) is 5.41 Å². The van der Waals surface area contributed by atoms with Crippen LogP contribution in [0.25, 0.3) is 0 Å². The Morgan fingerprint density at radius 2 is 2.06 bits per heavy atom. The molecule has 1 atom stereocenters. The number of rotatable bonds is 1. The van der Waals surface area contributed by atoms with Crippen LogP contribution >= 0.6 is 23.5 Å². The highest BCUT2D eigenvalue weighted by molar-refractivity contribution is 8.18. The molecule has 2 aliphatic rings. The van der Waals surface area contributed by atoms with Crippen molar-refractivity contribution in [1.29, 1.82) is 0 Å². The number of hydrazone groups is 1. The van der Waals surface area contributed by atoms with Crippen LogP contribution in [-0.4, -0.2) is 15.3 Å². The molecule has 0 fully saturated rings. The normalized spacial score (nSPS) is 23.0. The van der Waals surface area contributed by atoms with Crippen LogP contribution in [-0.2, 0) is 0 Å². The van der Waals surface area contributed by atoms with Crippen LogP contribution in [0.4, 0.5) is 0 Å². The quantitative estimate of drug-likeness (QED) is 0.801. The van der Waals surface area contributed by atoms with E-state index in [-0.39, 0.29) is 11.1 Å². The van der Waals surface area contributed by atoms with Gasteiger partial charge in [-0.05, 0) is 29.5 Å². The van der Waals surface area contributed by atoms with E-state index < -0.39 is 0 Å². The Hall–Kier alpha value is -1.27. The van der Waals surface area contributed by atoms with Crippen LogP contribution in [0.15, 0.2) is 39.8 Å². The van der Waals surface area contributed by atoms with Crippen molar-refractivity contribution in [3.63, 3.8) is 0 Å². The van der Waals surface area contributed by atoms with Crippen LogP contribution in [0.2, 0.25) is 0 Å². The molecule has 3 N–H and O–H groups in total. The maximum atomic E-state index is 9.24. The van der Waals surface area contributed by atoms with Gasteiger partial charge in [-0.2, -0.15) is 0 Å². The van der Waals surface area contributed by atoms with E-state index in [0.29, 0.717) is 5.17 Å². The Morgan fingerprint density at radius 1 is 1.31 bits per heavy atom. The van der Waals surface area contributed by atoms with E-state index in [0.717, 1.165) is 10.6 Å². The van der Waals surface area contributed by atoms with Crippen LogP contribution in [0.3, 0.4) is 0 Å². The van der Waals surface area contributed by atoms with E-state index in [1.807, 2.05) is 17.1 Å². The molecule has 0 bridgehead atoms. The predicted molar refractivity (Wildman–Crippen MR) is 67.6 cm³/mol. The highest BCUT2D eigenvalue weighted by Gasteiger charge is 2.33. The fourth-order valence-corrected chi connectivity index (χ4v) is 3.57. The monoisotopic (exact) mass is 251 g/mol. The Labute approximate surface area is 101 Å². The Morgan fingerprint density at radius 3 is 2.81 bits per heavy atom. The third-order valence-electron chi connectivity index (χ3n) is 2.34. The topological polar surface area (TPSA) is 61.8 Å². The number of nitrogens with two attached hydrogens (primary N) is 1. The van der Waals surface area contributed by atoms with E-state index in [2.05, 4.69) is 10.5 Å². The van der Waals surface area contributed by atoms with Gasteiger partial charge in [0.2, 0.25) is 0 Å². The van der Waals surface area contributed by atoms with Crippen molar-refractivity contribution >= 4 is 28.7 Å². The molecule has 1 aromatic rings. The molecule has 0 aliphatic carbocycles. The van der Waals surface area contributed by atoms with Crippen LogP contribution in [0.5, 0.6) is 5.75 Å². The molecule has 0 saturated carbocycles. The van der Waals surface area contributed by atoms with E-state index in [9.17, 15) is 5.11 Å². The number of benzene rings is 1. The summed E-state index contributed by atoms with van der Waals surface area (Å²) in [6.07, 6.45) is 0. The summed E-state index contributed by atoms with van der Waals surface area (Å²) in [5.41, 5.74) is 6.78. The summed E-state index contributed by atoms with van der Waals surface area (Å²) in [6, 6.07) is 7.17. The van der Waals surface area contributed by atoms with Gasteiger partial charge in [-0.1, -0.05) is 23.9 Å². The first-order valence-corrected chi connectivity index (χ1v) is 6.46. The molecule has 0 amide bonds. The summed E-state index contributed by atoms with van der Waals surface area (Å²) in [6.45, 7) is 0. The van der Waals surface area contributed by atoms with Gasteiger partial charge in [0.25, 0.3) is 0 Å². The molecule has 82 valence electrons. The lowest BCUT2D eigenvalue weighted by atomic mass is 10.2. The number of phenols is 1. The van der Waals surface area contributed by atoms with E-state index in [4.69, 9.17) is 5.73 Å². The maximum absolute atomic E-state index is 9.24. The smallest absolute Gasteiger partial charge is 0.184 e. The Balaban J connectivity index is 1.90. The first-order valence-electron chi connectivity index (χ1n) is 4.70. The minimum atomic E-state index is 0.129. The van der Waals surface area contributed by atoms with Gasteiger partial charge >= 0.3 is 0 Å². The molecule has 2 aliphatic heterocycles. The van der Waals surface area contributed by atoms with E-state index >= 15 is 0 Å². The molecule has 1 unspecified atom stereocenters. The second-order valence-corrected chi connectivity index (χ2v) is 5.42. The third kappa shape index (κ3) is 1.54. The zero-order chi connectivity index (χ0) is 11.1. The number of amidine groups is 1. The molecule has 1 aromatic carbocycles. The average Bonchev–Trinajstić information content (AvgIpc) is 2.78. The zero-order valence-corrected chi connectivity index (χ0v) is 9.83. The van der Waals surface area contributed by atoms with Crippen molar-refractivity contribution in [3.05, 3.63) is 40.3 Å². The lowest BCUT2D eigenvalue weighted by molar-refractivity contribution is 0.386. The van der Waals surface area contributed by atoms with Crippen molar-refractivity contribution in [1.82, 2.24) is 5.01 Å². The van der Waals surface area contributed by atoms with Gasteiger partial charge in [0.15, 0.2) is 5.17 Å². The highest BCUT2D eigenvalue weighted by atomic mass is 32.2. The molecule has 6 heteroatoms. The third-order valence-corrected chi connectivity index (χ3v) is 4.38. The van der Waals surface area contributed by atoms with Crippen LogP contribution in [0.1, 0.15) is 10.9 Å². The molecule has 0 spiro atoms. The van der Waals surface area contributed by atoms with Gasteiger partial charge in [0.1, 0.15) is 16.2 Å². The molecule has 0 radical (unpaired) electrons. The van der Waals surface area contributed by atoms with Crippen molar-refractivity contribution in [2.75, 3.05) is 0 Å². The zero-order valence-electron chi connectivity index (χ0n) is 8.20. The molecule has 4 nitrogen and oxygen atoms in total. The standard InChI is InChI=1S/C10H9N3OS2/c11-10-12-13-8(16-10)5-15-9(13)6-1-3-7(14)4-2-6/h1-5,9,14H,(H2,11,12). The largest absolute Gasteiger partial charge is 0.508 e. The van der Waals surface area contributed by atoms with E-state index in [1.54, 1.807) is 23.9 Å². The molecule has 3 rings (SSSR count). The Bertz CT molecular complexity index is 483. The molecule has 0 aromatic heterocycles. The highest BCUT2D eigenvalue weighted by Crippen LogP contribution is 2.49. The lowest BCUT2D eigenvalue weighted by Gasteiger charge is -2.19. The van der Waals surface area contributed by atoms with E-state index in [1.165, 1.54) is 11.8 Å². The fourth-order valence-electron chi connectivity index (χ4n) is 1.61. The van der Waals surface area contributed by atoms with Crippen LogP contribution < -0.4 is 5.73 Å². The number of hydrogen-bond donors (Lipinski definition) is 2. The summed E-state index contributed by atoms with van der Waals surface area (Å²) in [5, 5.41) is 19.3. The number of phenolic OH excluding ortho intramolecular Hbond substituents is 1. The summed E-state index contributed by atoms with van der Waals surface area (Å²) < 4.78 is 0. The molecule has 16 heavy (non-hydrogen) atoms. The van der Waals surface area contributed by atoms with Crippen molar-refractivity contribution in [2.45, 2.75) is 5.37 Å². The number of fused-ring (bicyclic) bond motifs is 1. The summed E-state index contributed by atoms with van der Waals surface area (Å²) >= 11 is 3.18. The minimum absolute atomic E-state index is 0.129. The van der Waals surface area contributed by atoms with Crippen LogP contribution in [0, 0.1) is 0 Å². The summed E-state index contributed by atoms with van der Waals surface area (Å²) in [4.78, 5) is 0. The fraction of sp³-hybridized carbons (Fsp3) is 0.100. The SMILES string of the molecule is NC1=NN2C(=CSC2c2ccc(O)cc2)S1. The predicted octanol–water partition coefficient (Wildman–Crippen LogP) is 2.21. The Kier molecular flexibility index (Phi) is 2.26. The minimum Gasteiger partial charge on any atom is -0.508 e.